The van der Waals surface area contributed by atoms with Crippen molar-refractivity contribution in [3.8, 4) is 0 Å². The number of aliphatic hydroxyl groups excluding tert-OH is 5. The van der Waals surface area contributed by atoms with Gasteiger partial charge in [0.1, 0.15) is 24.4 Å². The zero-order chi connectivity index (χ0) is 45.9. The second-order valence-corrected chi connectivity index (χ2v) is 19.4. The van der Waals surface area contributed by atoms with Crippen molar-refractivity contribution in [2.45, 2.75) is 314 Å². The third kappa shape index (κ3) is 34.8. The summed E-state index contributed by atoms with van der Waals surface area (Å²) in [5, 5.41) is 54.3. The minimum absolute atomic E-state index is 0.171. The van der Waals surface area contributed by atoms with Crippen molar-refractivity contribution in [1.82, 2.24) is 5.32 Å². The van der Waals surface area contributed by atoms with Crippen molar-refractivity contribution in [2.75, 3.05) is 13.2 Å². The Morgan fingerprint density at radius 1 is 0.524 bits per heavy atom. The molecule has 2 unspecified atom stereocenters. The molecular formula is C54H105NO8. The van der Waals surface area contributed by atoms with Crippen molar-refractivity contribution < 1.29 is 39.8 Å². The molecule has 63 heavy (non-hydrogen) atoms. The van der Waals surface area contributed by atoms with Crippen LogP contribution in [-0.4, -0.2) is 87.5 Å². The van der Waals surface area contributed by atoms with Crippen molar-refractivity contribution in [2.24, 2.45) is 0 Å². The van der Waals surface area contributed by atoms with Gasteiger partial charge >= 0.3 is 0 Å². The highest BCUT2D eigenvalue weighted by molar-refractivity contribution is 5.76. The third-order valence-electron chi connectivity index (χ3n) is 13.4. The average molecular weight is 896 g/mol. The maximum absolute atomic E-state index is 13.0. The normalized spacial score (nSPS) is 20.1. The summed E-state index contributed by atoms with van der Waals surface area (Å²) in [6, 6.07) is -0.799. The van der Waals surface area contributed by atoms with E-state index in [4.69, 9.17) is 9.47 Å². The van der Waals surface area contributed by atoms with Crippen LogP contribution < -0.4 is 5.32 Å². The van der Waals surface area contributed by atoms with Crippen molar-refractivity contribution in [1.29, 1.82) is 0 Å². The number of carbonyl (C=O) groups is 1. The third-order valence-corrected chi connectivity index (χ3v) is 13.4. The lowest BCUT2D eigenvalue weighted by Gasteiger charge is -2.40. The summed E-state index contributed by atoms with van der Waals surface area (Å²) in [6.45, 7) is 3.80. The molecule has 1 fully saturated rings. The molecule has 1 saturated heterocycles. The molecule has 9 nitrogen and oxygen atoms in total. The van der Waals surface area contributed by atoms with Gasteiger partial charge in [-0.25, -0.2) is 0 Å². The Bertz CT molecular complexity index is 997. The summed E-state index contributed by atoms with van der Waals surface area (Å²) in [5.41, 5.74) is 0. The summed E-state index contributed by atoms with van der Waals surface area (Å²) in [5.74, 6) is -0.171. The molecule has 0 radical (unpaired) electrons. The van der Waals surface area contributed by atoms with E-state index in [0.29, 0.717) is 6.42 Å². The fourth-order valence-corrected chi connectivity index (χ4v) is 8.98. The molecule has 9 heteroatoms. The van der Waals surface area contributed by atoms with Crippen LogP contribution in [0.4, 0.5) is 0 Å². The molecule has 0 saturated carbocycles. The SMILES string of the molecule is CCCCCCCCCCCCC/C=C/[C@@H](O)[C@H](CO[C@@H]1O[C@H](CO)[C@@H](O)C(O)C1O)NC(=O)CCCCCCCCCCCCCCCCCCCCCCCCCCCCC. The first-order valence-electron chi connectivity index (χ1n) is 27.4. The van der Waals surface area contributed by atoms with Crippen LogP contribution in [0.5, 0.6) is 0 Å². The van der Waals surface area contributed by atoms with Crippen LogP contribution in [0.2, 0.25) is 0 Å². The summed E-state index contributed by atoms with van der Waals surface area (Å²) < 4.78 is 11.2. The van der Waals surface area contributed by atoms with Crippen LogP contribution in [-0.2, 0) is 14.3 Å². The number of amides is 1. The van der Waals surface area contributed by atoms with Crippen molar-refractivity contribution >= 4 is 5.91 Å². The summed E-state index contributed by atoms with van der Waals surface area (Å²) in [7, 11) is 0. The average Bonchev–Trinajstić information content (AvgIpc) is 3.28. The molecule has 0 aliphatic carbocycles. The first-order valence-corrected chi connectivity index (χ1v) is 27.4. The van der Waals surface area contributed by atoms with Gasteiger partial charge in [0.05, 0.1) is 25.4 Å². The van der Waals surface area contributed by atoms with Gasteiger partial charge < -0.3 is 40.3 Å². The number of hydrogen-bond donors (Lipinski definition) is 6. The Morgan fingerprint density at radius 2 is 0.873 bits per heavy atom. The van der Waals surface area contributed by atoms with E-state index < -0.39 is 49.5 Å². The number of nitrogens with one attached hydrogen (secondary N) is 1. The van der Waals surface area contributed by atoms with E-state index in [2.05, 4.69) is 19.2 Å². The molecule has 374 valence electrons. The van der Waals surface area contributed by atoms with Crippen LogP contribution in [0.15, 0.2) is 12.2 Å². The molecule has 1 amide bonds. The lowest BCUT2D eigenvalue weighted by molar-refractivity contribution is -0.302. The first-order chi connectivity index (χ1) is 30.8. The van der Waals surface area contributed by atoms with Crippen LogP contribution in [0.1, 0.15) is 271 Å². The number of carbonyl (C=O) groups excluding carboxylic acids is 1. The Hall–Kier alpha value is -1.07. The predicted octanol–water partition coefficient (Wildman–Crippen LogP) is 12.8. The van der Waals surface area contributed by atoms with Crippen LogP contribution in [0.3, 0.4) is 0 Å². The predicted molar refractivity (Wildman–Crippen MR) is 263 cm³/mol. The fourth-order valence-electron chi connectivity index (χ4n) is 8.98. The monoisotopic (exact) mass is 896 g/mol. The summed E-state index contributed by atoms with van der Waals surface area (Å²) >= 11 is 0. The molecule has 0 aromatic heterocycles. The minimum atomic E-state index is -1.56. The number of allylic oxidation sites excluding steroid dienone is 1. The van der Waals surface area contributed by atoms with Gasteiger partial charge in [0.2, 0.25) is 5.91 Å². The molecule has 6 N–H and O–H groups in total. The number of rotatable bonds is 47. The van der Waals surface area contributed by atoms with Gasteiger partial charge in [-0.15, -0.1) is 0 Å². The molecular weight excluding hydrogens is 791 g/mol. The molecule has 0 aromatic carbocycles. The van der Waals surface area contributed by atoms with E-state index in [1.54, 1.807) is 6.08 Å². The Labute approximate surface area is 388 Å². The largest absolute Gasteiger partial charge is 0.394 e. The molecule has 1 heterocycles. The number of ether oxygens (including phenoxy) is 2. The number of unbranched alkanes of at least 4 members (excludes halogenated alkanes) is 37. The molecule has 0 bridgehead atoms. The molecule has 7 atom stereocenters. The maximum Gasteiger partial charge on any atom is 0.220 e. The van der Waals surface area contributed by atoms with Gasteiger partial charge in [0, 0.05) is 6.42 Å². The van der Waals surface area contributed by atoms with Crippen LogP contribution in [0, 0.1) is 0 Å². The van der Waals surface area contributed by atoms with E-state index in [0.717, 1.165) is 38.5 Å². The highest BCUT2D eigenvalue weighted by atomic mass is 16.7. The van der Waals surface area contributed by atoms with Gasteiger partial charge in [-0.05, 0) is 19.3 Å². The van der Waals surface area contributed by atoms with Crippen molar-refractivity contribution in [3.05, 3.63) is 12.2 Å². The lowest BCUT2D eigenvalue weighted by Crippen LogP contribution is -2.60. The zero-order valence-corrected chi connectivity index (χ0v) is 41.4. The van der Waals surface area contributed by atoms with Gasteiger partial charge in [0.15, 0.2) is 6.29 Å². The molecule has 1 aliphatic rings. The van der Waals surface area contributed by atoms with E-state index in [-0.39, 0.29) is 12.5 Å². The van der Waals surface area contributed by atoms with E-state index >= 15 is 0 Å². The second kappa shape index (κ2) is 44.7. The minimum Gasteiger partial charge on any atom is -0.394 e. The Balaban J connectivity index is 2.17. The smallest absolute Gasteiger partial charge is 0.220 e. The van der Waals surface area contributed by atoms with Gasteiger partial charge in [0.25, 0.3) is 0 Å². The van der Waals surface area contributed by atoms with E-state index in [1.165, 1.54) is 212 Å². The first kappa shape index (κ1) is 59.9. The van der Waals surface area contributed by atoms with Gasteiger partial charge in [-0.3, -0.25) is 4.79 Å². The topological polar surface area (TPSA) is 149 Å². The quantitative estimate of drug-likeness (QED) is 0.0261. The number of hydrogen-bond acceptors (Lipinski definition) is 8. The zero-order valence-electron chi connectivity index (χ0n) is 41.4. The molecule has 0 aromatic rings. The van der Waals surface area contributed by atoms with Crippen LogP contribution >= 0.6 is 0 Å². The van der Waals surface area contributed by atoms with Crippen LogP contribution in [0.25, 0.3) is 0 Å². The highest BCUT2D eigenvalue weighted by Gasteiger charge is 2.44. The Morgan fingerprint density at radius 3 is 1.24 bits per heavy atom. The lowest BCUT2D eigenvalue weighted by atomic mass is 9.99. The van der Waals surface area contributed by atoms with E-state index in [1.807, 2.05) is 6.08 Å². The molecule has 1 rings (SSSR count). The summed E-state index contributed by atoms with van der Waals surface area (Å²) in [6.07, 6.45) is 47.1. The van der Waals surface area contributed by atoms with Gasteiger partial charge in [-0.1, -0.05) is 257 Å². The van der Waals surface area contributed by atoms with Gasteiger partial charge in [-0.2, -0.15) is 0 Å². The molecule has 0 spiro atoms. The molecule has 1 aliphatic heterocycles. The summed E-state index contributed by atoms with van der Waals surface area (Å²) in [4.78, 5) is 13.0. The second-order valence-electron chi connectivity index (χ2n) is 19.4. The highest BCUT2D eigenvalue weighted by Crippen LogP contribution is 2.23. The van der Waals surface area contributed by atoms with E-state index in [9.17, 15) is 30.3 Å². The van der Waals surface area contributed by atoms with Crippen molar-refractivity contribution in [3.63, 3.8) is 0 Å². The number of aliphatic hydroxyl groups is 5. The standard InChI is InChI=1S/C54H105NO8/c1-3-5-7-9-11-13-15-17-18-19-20-21-22-23-24-25-26-27-28-29-30-32-34-36-38-40-42-44-50(58)55-47(46-62-54-53(61)52(60)51(59)49(45-56)63-54)48(57)43-41-39-37-35-33-31-16-14-12-10-8-6-4-2/h41,43,47-49,51-54,56-57,59-61H,3-40,42,44-46H2,1-2H3,(H,55,58)/b43-41+/t47-,48+,49+,51+,52?,53?,54+/m0/s1. The fraction of sp³-hybridized carbons (Fsp3) is 0.944. The maximum atomic E-state index is 13.0. The Kier molecular flexibility index (Phi) is 42.6.